The first kappa shape index (κ1) is 16.8. The maximum atomic E-state index is 12.3. The van der Waals surface area contributed by atoms with Crippen molar-refractivity contribution in [2.24, 2.45) is 0 Å². The van der Waals surface area contributed by atoms with Gasteiger partial charge in [0.2, 0.25) is 0 Å². The molecule has 22 heavy (non-hydrogen) atoms. The zero-order valence-corrected chi connectivity index (χ0v) is 13.3. The van der Waals surface area contributed by atoms with Crippen LogP contribution in [-0.2, 0) is 0 Å². The lowest BCUT2D eigenvalue weighted by molar-refractivity contribution is -0.105. The topological polar surface area (TPSA) is 54.9 Å². The van der Waals surface area contributed by atoms with E-state index in [-0.39, 0.29) is 10.6 Å². The van der Waals surface area contributed by atoms with Crippen LogP contribution < -0.4 is 5.32 Å². The molecule has 2 rings (SSSR count). The number of amides is 1. The van der Waals surface area contributed by atoms with E-state index < -0.39 is 17.8 Å². The van der Waals surface area contributed by atoms with Crippen LogP contribution >= 0.6 is 27.7 Å². The minimum atomic E-state index is -4.33. The minimum Gasteiger partial charge on any atom is -0.306 e. The minimum absolute atomic E-state index is 0.0226. The molecule has 0 unspecified atom stereocenters. The summed E-state index contributed by atoms with van der Waals surface area (Å²) in [6.45, 7) is 0. The maximum Gasteiger partial charge on any atom is 0.398 e. The standard InChI is InChI=1S/C13H9BrF3N3OS/c14-8-3-4-10(19-6-8)20-11(21)9-2-1-5-18-12(9)22-7-13(15,16)17/h1-6H,7H2,(H,19,20,21). The van der Waals surface area contributed by atoms with E-state index in [1.807, 2.05) is 0 Å². The molecule has 116 valence electrons. The Bertz CT molecular complexity index is 664. The van der Waals surface area contributed by atoms with Crippen molar-refractivity contribution in [3.8, 4) is 0 Å². The molecule has 2 aromatic heterocycles. The normalized spacial score (nSPS) is 11.3. The van der Waals surface area contributed by atoms with Crippen LogP contribution in [0.1, 0.15) is 10.4 Å². The number of rotatable bonds is 4. The molecule has 2 aromatic rings. The molecule has 0 bridgehead atoms. The summed E-state index contributed by atoms with van der Waals surface area (Å²) in [5.74, 6) is -1.38. The van der Waals surface area contributed by atoms with Crippen molar-refractivity contribution in [1.29, 1.82) is 0 Å². The second kappa shape index (κ2) is 7.10. The fraction of sp³-hybridized carbons (Fsp3) is 0.154. The Kier molecular flexibility index (Phi) is 5.41. The van der Waals surface area contributed by atoms with E-state index >= 15 is 0 Å². The largest absolute Gasteiger partial charge is 0.398 e. The SMILES string of the molecule is O=C(Nc1ccc(Br)cn1)c1cccnc1SCC(F)(F)F. The molecule has 0 spiro atoms. The van der Waals surface area contributed by atoms with E-state index in [4.69, 9.17) is 0 Å². The molecule has 4 nitrogen and oxygen atoms in total. The highest BCUT2D eigenvalue weighted by molar-refractivity contribution is 9.10. The van der Waals surface area contributed by atoms with Crippen LogP contribution in [0, 0.1) is 0 Å². The van der Waals surface area contributed by atoms with Gasteiger partial charge in [0, 0.05) is 16.9 Å². The summed E-state index contributed by atoms with van der Waals surface area (Å²) in [6, 6.07) is 6.16. The van der Waals surface area contributed by atoms with Gasteiger partial charge in [-0.05, 0) is 40.2 Å². The van der Waals surface area contributed by atoms with Crippen molar-refractivity contribution in [2.75, 3.05) is 11.1 Å². The number of pyridine rings is 2. The Balaban J connectivity index is 2.13. The maximum absolute atomic E-state index is 12.3. The van der Waals surface area contributed by atoms with Gasteiger partial charge in [0.1, 0.15) is 10.8 Å². The molecule has 1 N–H and O–H groups in total. The smallest absolute Gasteiger partial charge is 0.306 e. The van der Waals surface area contributed by atoms with Crippen LogP contribution in [0.25, 0.3) is 0 Å². The van der Waals surface area contributed by atoms with Crippen molar-refractivity contribution in [3.05, 3.63) is 46.7 Å². The van der Waals surface area contributed by atoms with E-state index in [1.165, 1.54) is 24.5 Å². The summed E-state index contributed by atoms with van der Waals surface area (Å²) in [4.78, 5) is 20.0. The lowest BCUT2D eigenvalue weighted by atomic mass is 10.2. The van der Waals surface area contributed by atoms with Crippen LogP contribution in [0.4, 0.5) is 19.0 Å². The molecule has 0 saturated carbocycles. The Labute approximate surface area is 136 Å². The van der Waals surface area contributed by atoms with Crippen LogP contribution in [0.15, 0.2) is 46.2 Å². The van der Waals surface area contributed by atoms with Crippen LogP contribution in [0.2, 0.25) is 0 Å². The van der Waals surface area contributed by atoms with Crippen LogP contribution in [-0.4, -0.2) is 27.8 Å². The number of carbonyl (C=O) groups is 1. The molecule has 0 aliphatic rings. The fourth-order valence-corrected chi connectivity index (χ4v) is 2.45. The molecule has 0 radical (unpaired) electrons. The Hall–Kier alpha value is -1.61. The molecule has 2 heterocycles. The molecule has 0 aromatic carbocycles. The molecule has 1 amide bonds. The summed E-state index contributed by atoms with van der Waals surface area (Å²) in [6.07, 6.45) is -1.49. The lowest BCUT2D eigenvalue weighted by Gasteiger charge is -2.10. The number of nitrogens with zero attached hydrogens (tertiary/aromatic N) is 2. The molecular formula is C13H9BrF3N3OS. The van der Waals surface area contributed by atoms with Crippen molar-refractivity contribution in [3.63, 3.8) is 0 Å². The molecule has 0 saturated heterocycles. The van der Waals surface area contributed by atoms with E-state index in [1.54, 1.807) is 12.1 Å². The van der Waals surface area contributed by atoms with Gasteiger partial charge < -0.3 is 5.32 Å². The first-order valence-corrected chi connectivity index (χ1v) is 7.70. The Morgan fingerprint density at radius 3 is 2.68 bits per heavy atom. The number of carbonyl (C=O) groups excluding carboxylic acids is 1. The zero-order valence-electron chi connectivity index (χ0n) is 10.9. The number of halogens is 4. The molecule has 0 fully saturated rings. The Morgan fingerprint density at radius 1 is 1.27 bits per heavy atom. The predicted octanol–water partition coefficient (Wildman–Crippen LogP) is 4.15. The van der Waals surface area contributed by atoms with Gasteiger partial charge in [-0.3, -0.25) is 4.79 Å². The first-order chi connectivity index (χ1) is 10.3. The highest BCUT2D eigenvalue weighted by atomic mass is 79.9. The van der Waals surface area contributed by atoms with Gasteiger partial charge in [-0.25, -0.2) is 9.97 Å². The molecule has 0 aliphatic carbocycles. The van der Waals surface area contributed by atoms with Crippen molar-refractivity contribution in [2.45, 2.75) is 11.2 Å². The summed E-state index contributed by atoms with van der Waals surface area (Å²) >= 11 is 3.68. The summed E-state index contributed by atoms with van der Waals surface area (Å²) < 4.78 is 37.6. The van der Waals surface area contributed by atoms with E-state index in [9.17, 15) is 18.0 Å². The average Bonchev–Trinajstić information content (AvgIpc) is 2.47. The number of aromatic nitrogens is 2. The number of thioether (sulfide) groups is 1. The third-order valence-electron chi connectivity index (χ3n) is 2.36. The molecule has 9 heteroatoms. The first-order valence-electron chi connectivity index (χ1n) is 5.92. The van der Waals surface area contributed by atoms with Crippen molar-refractivity contribution < 1.29 is 18.0 Å². The molecule has 0 atom stereocenters. The van der Waals surface area contributed by atoms with Gasteiger partial charge >= 0.3 is 6.18 Å². The van der Waals surface area contributed by atoms with Gasteiger partial charge in [-0.15, -0.1) is 0 Å². The van der Waals surface area contributed by atoms with Gasteiger partial charge in [0.25, 0.3) is 5.91 Å². The zero-order chi connectivity index (χ0) is 16.2. The number of alkyl halides is 3. The van der Waals surface area contributed by atoms with Crippen LogP contribution in [0.5, 0.6) is 0 Å². The second-order valence-corrected chi connectivity index (χ2v) is 5.96. The van der Waals surface area contributed by atoms with Gasteiger partial charge in [0.05, 0.1) is 11.3 Å². The van der Waals surface area contributed by atoms with E-state index in [0.29, 0.717) is 17.6 Å². The number of hydrogen-bond acceptors (Lipinski definition) is 4. The van der Waals surface area contributed by atoms with Crippen molar-refractivity contribution >= 4 is 39.4 Å². The lowest BCUT2D eigenvalue weighted by Crippen LogP contribution is -2.16. The van der Waals surface area contributed by atoms with Crippen LogP contribution in [0.3, 0.4) is 0 Å². The summed E-state index contributed by atoms with van der Waals surface area (Å²) in [7, 11) is 0. The fourth-order valence-electron chi connectivity index (χ4n) is 1.46. The van der Waals surface area contributed by atoms with Gasteiger partial charge in [0.15, 0.2) is 0 Å². The monoisotopic (exact) mass is 391 g/mol. The Morgan fingerprint density at radius 2 is 2.05 bits per heavy atom. The molecule has 0 aliphatic heterocycles. The second-order valence-electron chi connectivity index (χ2n) is 4.08. The number of nitrogens with one attached hydrogen (secondary N) is 1. The quantitative estimate of drug-likeness (QED) is 0.795. The molecular weight excluding hydrogens is 383 g/mol. The predicted molar refractivity (Wildman–Crippen MR) is 80.9 cm³/mol. The van der Waals surface area contributed by atoms with E-state index in [2.05, 4.69) is 31.2 Å². The summed E-state index contributed by atoms with van der Waals surface area (Å²) in [5.41, 5.74) is 0.0708. The summed E-state index contributed by atoms with van der Waals surface area (Å²) in [5, 5.41) is 2.54. The number of hydrogen-bond donors (Lipinski definition) is 1. The highest BCUT2D eigenvalue weighted by Gasteiger charge is 2.28. The third-order valence-corrected chi connectivity index (χ3v) is 3.90. The third kappa shape index (κ3) is 4.99. The average molecular weight is 392 g/mol. The number of anilines is 1. The van der Waals surface area contributed by atoms with Crippen molar-refractivity contribution in [1.82, 2.24) is 9.97 Å². The van der Waals surface area contributed by atoms with Gasteiger partial charge in [-0.1, -0.05) is 11.8 Å². The van der Waals surface area contributed by atoms with Gasteiger partial charge in [-0.2, -0.15) is 13.2 Å². The van der Waals surface area contributed by atoms with E-state index in [0.717, 1.165) is 4.47 Å². The highest BCUT2D eigenvalue weighted by Crippen LogP contribution is 2.28.